The van der Waals surface area contributed by atoms with Crippen molar-refractivity contribution in [3.05, 3.63) is 100 Å². The van der Waals surface area contributed by atoms with E-state index in [1.54, 1.807) is 53.4 Å². The van der Waals surface area contributed by atoms with Crippen molar-refractivity contribution < 1.29 is 14.7 Å². The van der Waals surface area contributed by atoms with Crippen molar-refractivity contribution in [3.8, 4) is 0 Å². The van der Waals surface area contributed by atoms with Gasteiger partial charge in [0.1, 0.15) is 0 Å². The summed E-state index contributed by atoms with van der Waals surface area (Å²) >= 11 is 3.34. The fourth-order valence-corrected chi connectivity index (χ4v) is 3.12. The second-order valence-corrected chi connectivity index (χ2v) is 7.39. The van der Waals surface area contributed by atoms with Gasteiger partial charge in [0.15, 0.2) is 0 Å². The van der Waals surface area contributed by atoms with Crippen LogP contribution in [0.15, 0.2) is 83.3 Å². The summed E-state index contributed by atoms with van der Waals surface area (Å²) in [5, 5.41) is 12.2. The van der Waals surface area contributed by atoms with Crippen molar-refractivity contribution in [1.82, 2.24) is 4.90 Å². The minimum absolute atomic E-state index is 0.111. The number of rotatable bonds is 7. The molecule has 3 aromatic rings. The molecule has 29 heavy (non-hydrogen) atoms. The van der Waals surface area contributed by atoms with E-state index in [4.69, 9.17) is 0 Å². The van der Waals surface area contributed by atoms with Gasteiger partial charge in [0.05, 0.1) is 6.61 Å². The molecule has 0 spiro atoms. The van der Waals surface area contributed by atoms with Crippen LogP contribution in [0.25, 0.3) is 0 Å². The van der Waals surface area contributed by atoms with E-state index in [1.807, 2.05) is 30.3 Å². The van der Waals surface area contributed by atoms with Gasteiger partial charge in [-0.1, -0.05) is 46.3 Å². The van der Waals surface area contributed by atoms with Gasteiger partial charge in [0.2, 0.25) is 0 Å². The molecule has 148 valence electrons. The number of nitrogens with one attached hydrogen (secondary N) is 1. The predicted molar refractivity (Wildman–Crippen MR) is 117 cm³/mol. The van der Waals surface area contributed by atoms with Crippen molar-refractivity contribution in [2.24, 2.45) is 0 Å². The standard InChI is InChI=1S/C23H21BrN2O3/c24-20-10-6-18(7-11-20)22(28)25-21-12-8-19(9-13-21)23(29)26(14-15-27)16-17-4-2-1-3-5-17/h1-13,27H,14-16H2,(H,25,28). The zero-order valence-corrected chi connectivity index (χ0v) is 17.3. The summed E-state index contributed by atoms with van der Waals surface area (Å²) in [6, 6.07) is 23.5. The molecule has 6 heteroatoms. The first kappa shape index (κ1) is 20.8. The van der Waals surface area contributed by atoms with Gasteiger partial charge in [-0.3, -0.25) is 9.59 Å². The molecule has 3 aromatic carbocycles. The number of halogens is 1. The Hall–Kier alpha value is -2.96. The molecule has 3 rings (SSSR count). The van der Waals surface area contributed by atoms with Gasteiger partial charge in [-0.25, -0.2) is 0 Å². The highest BCUT2D eigenvalue weighted by Crippen LogP contribution is 2.16. The lowest BCUT2D eigenvalue weighted by molar-refractivity contribution is 0.0708. The molecule has 0 radical (unpaired) electrons. The van der Waals surface area contributed by atoms with Crippen molar-refractivity contribution in [2.75, 3.05) is 18.5 Å². The van der Waals surface area contributed by atoms with Crippen LogP contribution in [0.3, 0.4) is 0 Å². The summed E-state index contributed by atoms with van der Waals surface area (Å²) in [5.74, 6) is -0.392. The van der Waals surface area contributed by atoms with Crippen LogP contribution in [0, 0.1) is 0 Å². The van der Waals surface area contributed by atoms with E-state index in [-0.39, 0.29) is 25.0 Å². The lowest BCUT2D eigenvalue weighted by atomic mass is 10.1. The smallest absolute Gasteiger partial charge is 0.255 e. The van der Waals surface area contributed by atoms with E-state index in [2.05, 4.69) is 21.2 Å². The maximum Gasteiger partial charge on any atom is 0.255 e. The molecule has 0 heterocycles. The average Bonchev–Trinajstić information content (AvgIpc) is 2.74. The minimum atomic E-state index is -0.220. The number of hydrogen-bond acceptors (Lipinski definition) is 3. The van der Waals surface area contributed by atoms with Gasteiger partial charge >= 0.3 is 0 Å². The Morgan fingerprint density at radius 1 is 0.862 bits per heavy atom. The summed E-state index contributed by atoms with van der Waals surface area (Å²) in [6.07, 6.45) is 0. The van der Waals surface area contributed by atoms with Crippen molar-refractivity contribution in [3.63, 3.8) is 0 Å². The molecule has 0 fully saturated rings. The van der Waals surface area contributed by atoms with E-state index >= 15 is 0 Å². The summed E-state index contributed by atoms with van der Waals surface area (Å²) in [4.78, 5) is 26.8. The number of carbonyl (C=O) groups is 2. The van der Waals surface area contributed by atoms with E-state index in [9.17, 15) is 14.7 Å². The molecule has 0 unspecified atom stereocenters. The first-order chi connectivity index (χ1) is 14.1. The Labute approximate surface area is 178 Å². The topological polar surface area (TPSA) is 69.6 Å². The highest BCUT2D eigenvalue weighted by atomic mass is 79.9. The van der Waals surface area contributed by atoms with Crippen LogP contribution in [0.2, 0.25) is 0 Å². The SMILES string of the molecule is O=C(Nc1ccc(C(=O)N(CCO)Cc2ccccc2)cc1)c1ccc(Br)cc1. The number of anilines is 1. The largest absolute Gasteiger partial charge is 0.395 e. The molecule has 0 saturated heterocycles. The number of aliphatic hydroxyl groups excluding tert-OH is 1. The zero-order valence-electron chi connectivity index (χ0n) is 15.7. The molecule has 2 amide bonds. The highest BCUT2D eigenvalue weighted by molar-refractivity contribution is 9.10. The third kappa shape index (κ3) is 5.76. The summed E-state index contributed by atoms with van der Waals surface area (Å²) < 4.78 is 0.903. The maximum absolute atomic E-state index is 12.8. The lowest BCUT2D eigenvalue weighted by Gasteiger charge is -2.22. The molecule has 2 N–H and O–H groups in total. The van der Waals surface area contributed by atoms with E-state index in [0.29, 0.717) is 23.4 Å². The van der Waals surface area contributed by atoms with Crippen molar-refractivity contribution >= 4 is 33.4 Å². The van der Waals surface area contributed by atoms with Crippen LogP contribution in [0.1, 0.15) is 26.3 Å². The molecule has 0 aliphatic heterocycles. The van der Waals surface area contributed by atoms with E-state index in [0.717, 1.165) is 10.0 Å². The van der Waals surface area contributed by atoms with Crippen LogP contribution >= 0.6 is 15.9 Å². The normalized spacial score (nSPS) is 10.4. The third-order valence-corrected chi connectivity index (χ3v) is 4.90. The van der Waals surface area contributed by atoms with Gasteiger partial charge in [0.25, 0.3) is 11.8 Å². The fourth-order valence-electron chi connectivity index (χ4n) is 2.86. The van der Waals surface area contributed by atoms with Crippen molar-refractivity contribution in [2.45, 2.75) is 6.54 Å². The first-order valence-corrected chi connectivity index (χ1v) is 9.97. The van der Waals surface area contributed by atoms with Gasteiger partial charge in [-0.05, 0) is 54.1 Å². The Kier molecular flexibility index (Phi) is 7.16. The fraction of sp³-hybridized carbons (Fsp3) is 0.130. The summed E-state index contributed by atoms with van der Waals surface area (Å²) in [7, 11) is 0. The van der Waals surface area contributed by atoms with Crippen LogP contribution in [0.4, 0.5) is 5.69 Å². The van der Waals surface area contributed by atoms with Crippen molar-refractivity contribution in [1.29, 1.82) is 0 Å². The lowest BCUT2D eigenvalue weighted by Crippen LogP contribution is -2.33. The van der Waals surface area contributed by atoms with Crippen LogP contribution in [0.5, 0.6) is 0 Å². The number of benzene rings is 3. The van der Waals surface area contributed by atoms with E-state index in [1.165, 1.54) is 0 Å². The molecule has 0 aliphatic carbocycles. The second-order valence-electron chi connectivity index (χ2n) is 6.47. The average molecular weight is 453 g/mol. The zero-order chi connectivity index (χ0) is 20.6. The summed E-state index contributed by atoms with van der Waals surface area (Å²) in [6.45, 7) is 0.554. The summed E-state index contributed by atoms with van der Waals surface area (Å²) in [5.41, 5.74) is 2.64. The minimum Gasteiger partial charge on any atom is -0.395 e. The molecule has 5 nitrogen and oxygen atoms in total. The van der Waals surface area contributed by atoms with Crippen LogP contribution in [-0.4, -0.2) is 35.0 Å². The number of nitrogens with zero attached hydrogens (tertiary/aromatic N) is 1. The second kappa shape index (κ2) is 10.0. The molecule has 0 saturated carbocycles. The highest BCUT2D eigenvalue weighted by Gasteiger charge is 2.16. The van der Waals surface area contributed by atoms with Crippen LogP contribution in [-0.2, 0) is 6.54 Å². The Morgan fingerprint density at radius 3 is 2.10 bits per heavy atom. The molecule has 0 aliphatic rings. The van der Waals surface area contributed by atoms with Gasteiger partial charge in [-0.2, -0.15) is 0 Å². The molecule has 0 bridgehead atoms. The van der Waals surface area contributed by atoms with Crippen LogP contribution < -0.4 is 5.32 Å². The molecule has 0 atom stereocenters. The van der Waals surface area contributed by atoms with Gasteiger partial charge in [-0.15, -0.1) is 0 Å². The molecular formula is C23H21BrN2O3. The predicted octanol–water partition coefficient (Wildman–Crippen LogP) is 4.34. The van der Waals surface area contributed by atoms with E-state index < -0.39 is 0 Å². The monoisotopic (exact) mass is 452 g/mol. The van der Waals surface area contributed by atoms with Gasteiger partial charge in [0, 0.05) is 34.4 Å². The Balaban J connectivity index is 1.68. The number of amides is 2. The van der Waals surface area contributed by atoms with Gasteiger partial charge < -0.3 is 15.3 Å². The first-order valence-electron chi connectivity index (χ1n) is 9.18. The Morgan fingerprint density at radius 2 is 1.48 bits per heavy atom. The Bertz CT molecular complexity index is 958. The number of hydrogen-bond donors (Lipinski definition) is 2. The maximum atomic E-state index is 12.8. The quantitative estimate of drug-likeness (QED) is 0.560. The third-order valence-electron chi connectivity index (χ3n) is 4.37. The molecular weight excluding hydrogens is 432 g/mol. The number of carbonyl (C=O) groups excluding carboxylic acids is 2. The number of aliphatic hydroxyl groups is 1. The molecule has 0 aromatic heterocycles.